The summed E-state index contributed by atoms with van der Waals surface area (Å²) >= 11 is 0. The van der Waals surface area contributed by atoms with E-state index in [0.29, 0.717) is 19.6 Å². The van der Waals surface area contributed by atoms with Gasteiger partial charge in [0.2, 0.25) is 0 Å². The molecule has 0 spiro atoms. The number of cyclic esters (lactones) is 1. The molecule has 126 valence electrons. The molecule has 5 nitrogen and oxygen atoms in total. The molecule has 5 heteroatoms. The quantitative estimate of drug-likeness (QED) is 0.688. The lowest BCUT2D eigenvalue weighted by Gasteiger charge is -2.26. The number of ether oxygens (including phenoxy) is 2. The summed E-state index contributed by atoms with van der Waals surface area (Å²) in [7, 11) is 1.40. The predicted octanol–water partition coefficient (Wildman–Crippen LogP) is 3.55. The van der Waals surface area contributed by atoms with Gasteiger partial charge < -0.3 is 9.47 Å². The minimum Gasteiger partial charge on any atom is -0.469 e. The average Bonchev–Trinajstić information content (AvgIpc) is 2.94. The molecule has 0 bridgehead atoms. The molecule has 1 aromatic rings. The van der Waals surface area contributed by atoms with E-state index in [1.807, 2.05) is 30.3 Å². The Kier molecular flexibility index (Phi) is 6.44. The Morgan fingerprint density at radius 3 is 2.78 bits per heavy atom. The summed E-state index contributed by atoms with van der Waals surface area (Å²) < 4.78 is 10.0. The summed E-state index contributed by atoms with van der Waals surface area (Å²) in [5.74, 6) is -0.130. The number of unbranched alkanes of at least 4 members (excludes halogenated alkanes) is 1. The van der Waals surface area contributed by atoms with Gasteiger partial charge in [-0.15, -0.1) is 0 Å². The summed E-state index contributed by atoms with van der Waals surface area (Å²) in [6, 6.07) is 9.79. The zero-order valence-corrected chi connectivity index (χ0v) is 13.9. The van der Waals surface area contributed by atoms with E-state index in [-0.39, 0.29) is 24.0 Å². The van der Waals surface area contributed by atoms with Crippen molar-refractivity contribution < 1.29 is 19.1 Å². The molecule has 0 N–H and O–H groups in total. The number of rotatable bonds is 8. The zero-order chi connectivity index (χ0) is 16.7. The van der Waals surface area contributed by atoms with E-state index in [9.17, 15) is 9.59 Å². The second kappa shape index (κ2) is 8.56. The molecule has 0 saturated carbocycles. The van der Waals surface area contributed by atoms with Crippen molar-refractivity contribution in [1.29, 1.82) is 0 Å². The number of carbonyl (C=O) groups is 2. The number of methoxy groups -OCH3 is 1. The van der Waals surface area contributed by atoms with Crippen molar-refractivity contribution in [2.75, 3.05) is 20.3 Å². The number of hydrogen-bond donors (Lipinski definition) is 0. The van der Waals surface area contributed by atoms with Crippen molar-refractivity contribution in [3.8, 4) is 0 Å². The van der Waals surface area contributed by atoms with Crippen LogP contribution in [-0.2, 0) is 14.3 Å². The normalized spacial score (nSPS) is 18.6. The van der Waals surface area contributed by atoms with E-state index < -0.39 is 0 Å². The highest BCUT2D eigenvalue weighted by Gasteiger charge is 2.35. The van der Waals surface area contributed by atoms with Crippen LogP contribution in [0.15, 0.2) is 30.3 Å². The van der Waals surface area contributed by atoms with Gasteiger partial charge in [0.25, 0.3) is 0 Å². The van der Waals surface area contributed by atoms with Crippen LogP contribution in [0.3, 0.4) is 0 Å². The molecule has 1 aromatic carbocycles. The van der Waals surface area contributed by atoms with Gasteiger partial charge in [-0.1, -0.05) is 50.1 Å². The number of hydrogen-bond acceptors (Lipinski definition) is 4. The smallest absolute Gasteiger partial charge is 0.410 e. The summed E-state index contributed by atoms with van der Waals surface area (Å²) in [4.78, 5) is 25.5. The molecule has 1 heterocycles. The number of benzene rings is 1. The molecular weight excluding hydrogens is 294 g/mol. The first kappa shape index (κ1) is 17.3. The molecule has 1 amide bonds. The van der Waals surface area contributed by atoms with Crippen molar-refractivity contribution in [1.82, 2.24) is 4.90 Å². The third-order valence-corrected chi connectivity index (χ3v) is 4.26. The summed E-state index contributed by atoms with van der Waals surface area (Å²) in [5, 5.41) is 0. The third-order valence-electron chi connectivity index (χ3n) is 4.26. The predicted molar refractivity (Wildman–Crippen MR) is 86.9 cm³/mol. The van der Waals surface area contributed by atoms with Crippen molar-refractivity contribution in [2.24, 2.45) is 5.92 Å². The third kappa shape index (κ3) is 4.71. The molecule has 23 heavy (non-hydrogen) atoms. The van der Waals surface area contributed by atoms with Crippen LogP contribution in [0.2, 0.25) is 0 Å². The van der Waals surface area contributed by atoms with E-state index in [1.165, 1.54) is 7.11 Å². The molecule has 2 rings (SSSR count). The van der Waals surface area contributed by atoms with Crippen molar-refractivity contribution in [3.63, 3.8) is 0 Å². The number of amides is 1. The Hall–Kier alpha value is -2.04. The van der Waals surface area contributed by atoms with E-state index in [4.69, 9.17) is 9.47 Å². The van der Waals surface area contributed by atoms with Crippen LogP contribution < -0.4 is 0 Å². The maximum absolute atomic E-state index is 12.1. The van der Waals surface area contributed by atoms with Crippen LogP contribution in [0.4, 0.5) is 4.79 Å². The second-order valence-electron chi connectivity index (χ2n) is 5.94. The minimum absolute atomic E-state index is 0.0783. The standard InChI is InChI=1S/C18H25NO4/c1-3-4-8-14(11-17(20)22-2)12-19-16(13-23-18(19)21)15-9-6-5-7-10-15/h5-7,9-10,14,16H,3-4,8,11-13H2,1-2H3/t14-,16-/m1/s1. The monoisotopic (exact) mass is 319 g/mol. The van der Waals surface area contributed by atoms with Crippen LogP contribution in [0, 0.1) is 5.92 Å². The van der Waals surface area contributed by atoms with Gasteiger partial charge >= 0.3 is 12.1 Å². The summed E-state index contributed by atoms with van der Waals surface area (Å²) in [6.07, 6.45) is 3.02. The van der Waals surface area contributed by atoms with Gasteiger partial charge in [-0.2, -0.15) is 0 Å². The summed E-state index contributed by atoms with van der Waals surface area (Å²) in [5.41, 5.74) is 1.06. The highest BCUT2D eigenvalue weighted by Crippen LogP contribution is 2.30. The Bertz CT molecular complexity index is 517. The number of nitrogens with zero attached hydrogens (tertiary/aromatic N) is 1. The lowest BCUT2D eigenvalue weighted by molar-refractivity contribution is -0.141. The maximum Gasteiger partial charge on any atom is 0.410 e. The van der Waals surface area contributed by atoms with Gasteiger partial charge in [0.05, 0.1) is 19.6 Å². The van der Waals surface area contributed by atoms with Gasteiger partial charge in [-0.05, 0) is 17.9 Å². The largest absolute Gasteiger partial charge is 0.469 e. The molecule has 0 aliphatic carbocycles. The molecular formula is C18H25NO4. The molecule has 1 saturated heterocycles. The fourth-order valence-electron chi connectivity index (χ4n) is 2.95. The Morgan fingerprint density at radius 1 is 1.39 bits per heavy atom. The highest BCUT2D eigenvalue weighted by molar-refractivity contribution is 5.71. The van der Waals surface area contributed by atoms with Crippen molar-refractivity contribution in [3.05, 3.63) is 35.9 Å². The van der Waals surface area contributed by atoms with Crippen molar-refractivity contribution in [2.45, 2.75) is 38.6 Å². The highest BCUT2D eigenvalue weighted by atomic mass is 16.6. The van der Waals surface area contributed by atoms with Gasteiger partial charge in [0, 0.05) is 6.54 Å². The number of esters is 1. The molecule has 2 atom stereocenters. The van der Waals surface area contributed by atoms with Crippen LogP contribution in [0.5, 0.6) is 0 Å². The first-order valence-electron chi connectivity index (χ1n) is 8.20. The Balaban J connectivity index is 2.08. The summed E-state index contributed by atoms with van der Waals surface area (Å²) in [6.45, 7) is 3.00. The first-order valence-corrected chi connectivity index (χ1v) is 8.20. The van der Waals surface area contributed by atoms with Crippen LogP contribution >= 0.6 is 0 Å². The van der Waals surface area contributed by atoms with Gasteiger partial charge in [0.15, 0.2) is 0 Å². The molecule has 1 aliphatic heterocycles. The lowest BCUT2D eigenvalue weighted by Crippen LogP contribution is -2.33. The van der Waals surface area contributed by atoms with Crippen LogP contribution in [0.1, 0.15) is 44.2 Å². The van der Waals surface area contributed by atoms with Crippen molar-refractivity contribution >= 4 is 12.1 Å². The zero-order valence-electron chi connectivity index (χ0n) is 13.9. The lowest BCUT2D eigenvalue weighted by atomic mass is 9.96. The topological polar surface area (TPSA) is 55.8 Å². The fourth-order valence-corrected chi connectivity index (χ4v) is 2.95. The first-order chi connectivity index (χ1) is 11.2. The van der Waals surface area contributed by atoms with E-state index in [2.05, 4.69) is 6.92 Å². The maximum atomic E-state index is 12.1. The molecule has 1 fully saturated rings. The van der Waals surface area contributed by atoms with Gasteiger partial charge in [-0.3, -0.25) is 9.69 Å². The molecule has 1 aliphatic rings. The van der Waals surface area contributed by atoms with Crippen LogP contribution in [-0.4, -0.2) is 37.2 Å². The van der Waals surface area contributed by atoms with Crippen LogP contribution in [0.25, 0.3) is 0 Å². The van der Waals surface area contributed by atoms with E-state index in [0.717, 1.165) is 24.8 Å². The Morgan fingerprint density at radius 2 is 2.13 bits per heavy atom. The minimum atomic E-state index is -0.301. The molecule has 0 aromatic heterocycles. The number of carbonyl (C=O) groups excluding carboxylic acids is 2. The SMILES string of the molecule is CCCC[C@H](CC(=O)OC)CN1C(=O)OC[C@@H]1c1ccccc1. The van der Waals surface area contributed by atoms with E-state index >= 15 is 0 Å². The molecule has 0 radical (unpaired) electrons. The van der Waals surface area contributed by atoms with E-state index in [1.54, 1.807) is 4.90 Å². The fraction of sp³-hybridized carbons (Fsp3) is 0.556. The second-order valence-corrected chi connectivity index (χ2v) is 5.94. The average molecular weight is 319 g/mol. The molecule has 0 unspecified atom stereocenters. The Labute approximate surface area is 137 Å². The van der Waals surface area contributed by atoms with Gasteiger partial charge in [-0.25, -0.2) is 4.79 Å². The van der Waals surface area contributed by atoms with Gasteiger partial charge in [0.1, 0.15) is 6.61 Å².